The van der Waals surface area contributed by atoms with Gasteiger partial charge in [-0.2, -0.15) is 0 Å². The van der Waals surface area contributed by atoms with Crippen molar-refractivity contribution in [2.75, 3.05) is 40.9 Å². The van der Waals surface area contributed by atoms with Crippen LogP contribution in [0.2, 0.25) is 0 Å². The van der Waals surface area contributed by atoms with Crippen LogP contribution in [0.3, 0.4) is 0 Å². The average Bonchev–Trinajstić information content (AvgIpc) is 3.42. The van der Waals surface area contributed by atoms with E-state index in [2.05, 4.69) is 99.0 Å². The number of phosphoric ester groups is 1. The summed E-state index contributed by atoms with van der Waals surface area (Å²) >= 11 is 0. The monoisotopic (exact) mass is 1140 g/mol. The minimum atomic E-state index is -4.46. The van der Waals surface area contributed by atoms with Gasteiger partial charge >= 0.3 is 13.8 Å². The number of hydrogen-bond donors (Lipinski definition) is 2. The van der Waals surface area contributed by atoms with Crippen molar-refractivity contribution in [2.45, 2.75) is 309 Å². The second-order valence-corrected chi connectivity index (χ2v) is 25.1. The van der Waals surface area contributed by atoms with E-state index in [1.54, 1.807) is 0 Å². The summed E-state index contributed by atoms with van der Waals surface area (Å²) in [6.07, 6.45) is 78.7. The first kappa shape index (κ1) is 77.2. The lowest BCUT2D eigenvalue weighted by molar-refractivity contribution is -0.870. The molecule has 0 aromatic heterocycles. The maximum absolute atomic E-state index is 13.5. The van der Waals surface area contributed by atoms with E-state index < -0.39 is 20.0 Å². The summed E-state index contributed by atoms with van der Waals surface area (Å²) in [7, 11) is 1.48. The van der Waals surface area contributed by atoms with Gasteiger partial charge in [-0.1, -0.05) is 267 Å². The van der Waals surface area contributed by atoms with Crippen molar-refractivity contribution in [1.29, 1.82) is 0 Å². The normalized spacial score (nSPS) is 14.1. The van der Waals surface area contributed by atoms with E-state index in [4.69, 9.17) is 13.8 Å². The molecule has 80 heavy (non-hydrogen) atoms. The van der Waals surface area contributed by atoms with Gasteiger partial charge in [0, 0.05) is 12.8 Å². The fourth-order valence-electron chi connectivity index (χ4n) is 9.43. The summed E-state index contributed by atoms with van der Waals surface area (Å²) in [6.45, 7) is 6.90. The van der Waals surface area contributed by atoms with Crippen molar-refractivity contribution in [3.8, 4) is 0 Å². The zero-order valence-corrected chi connectivity index (χ0v) is 54.0. The number of allylic oxidation sites excluding steroid dienone is 13. The van der Waals surface area contributed by atoms with Gasteiger partial charge in [-0.25, -0.2) is 4.57 Å². The Labute approximate surface area is 495 Å². The fourth-order valence-corrected chi connectivity index (χ4v) is 10.2. The number of nitrogens with zero attached hydrogens (tertiary/aromatic N) is 1. The van der Waals surface area contributed by atoms with E-state index in [0.717, 1.165) is 103 Å². The first-order chi connectivity index (χ1) is 38.9. The van der Waals surface area contributed by atoms with E-state index in [1.807, 2.05) is 33.3 Å². The molecule has 0 bridgehead atoms. The molecule has 0 spiro atoms. The Bertz CT molecular complexity index is 1640. The standard InChI is InChI=1S/C70H127N2O7P/c1-7-10-13-16-19-22-25-28-30-31-32-33-34-35-36-37-38-39-40-41-42-45-48-51-54-57-60-63-70(74)79-68(61-58-55-52-49-46-43-27-24-21-18-15-12-9-3)67(66-78-80(75,76)77-65-64-72(4,5)6)71-69(73)62-59-56-53-50-47-44-29-26-23-20-17-14-11-8-2/h10,13,19,22,28,30,32-33,35-36,44,47,58,61,67-68H,7-9,11-12,14-18,20-21,23-27,29,31,34,37-43,45-46,48-57,59-60,62-66H2,1-6H3,(H-,71,73,75,76)/p+1/b13-10-,22-19-,30-28-,33-32-,36-35-,47-44-,61-58-. The lowest BCUT2D eigenvalue weighted by Crippen LogP contribution is -2.47. The number of carbonyl (C=O) groups is 2. The zero-order chi connectivity index (χ0) is 58.6. The Morgan fingerprint density at radius 3 is 1.23 bits per heavy atom. The number of amides is 1. The SMILES string of the molecule is CC/C=C\C/C=C\C/C=C\C/C=C\C/C=C\CCCCCCCCCCCCCC(=O)OC(/C=C\CCCCCCCCCCCCC)C(COP(=O)(O)OCC[N+](C)(C)C)NC(=O)CCCCC/C=C\CCCCCCCCC. The van der Waals surface area contributed by atoms with Gasteiger partial charge in [0.2, 0.25) is 5.91 Å². The van der Waals surface area contributed by atoms with E-state index in [0.29, 0.717) is 17.4 Å². The van der Waals surface area contributed by atoms with Gasteiger partial charge < -0.3 is 19.4 Å². The number of rotatable bonds is 60. The molecular formula is C70H128N2O7P+. The van der Waals surface area contributed by atoms with E-state index in [-0.39, 0.29) is 31.5 Å². The van der Waals surface area contributed by atoms with Crippen LogP contribution in [0.1, 0.15) is 297 Å². The Balaban J connectivity index is 5.11. The number of quaternary nitrogens is 1. The molecule has 0 rings (SSSR count). The molecule has 2 N–H and O–H groups in total. The molecule has 3 atom stereocenters. The highest BCUT2D eigenvalue weighted by atomic mass is 31.2. The summed E-state index contributed by atoms with van der Waals surface area (Å²) in [5.74, 6) is -0.523. The molecule has 0 aliphatic carbocycles. The van der Waals surface area contributed by atoms with Gasteiger partial charge in [0.05, 0.1) is 33.8 Å². The summed E-state index contributed by atoms with van der Waals surface area (Å²) < 4.78 is 30.7. The van der Waals surface area contributed by atoms with Crippen LogP contribution < -0.4 is 5.32 Å². The molecule has 464 valence electrons. The third-order valence-corrected chi connectivity index (χ3v) is 15.6. The molecule has 0 aliphatic rings. The second-order valence-electron chi connectivity index (χ2n) is 23.6. The molecule has 0 heterocycles. The fraction of sp³-hybridized carbons (Fsp3) is 0.771. The van der Waals surface area contributed by atoms with Crippen molar-refractivity contribution in [1.82, 2.24) is 5.32 Å². The third-order valence-electron chi connectivity index (χ3n) is 14.6. The van der Waals surface area contributed by atoms with Gasteiger partial charge in [0.25, 0.3) is 0 Å². The number of esters is 1. The number of unbranched alkanes of at least 4 members (excludes halogenated alkanes) is 32. The summed E-state index contributed by atoms with van der Waals surface area (Å²) in [6, 6.07) is -0.860. The van der Waals surface area contributed by atoms with Crippen LogP contribution in [-0.2, 0) is 27.9 Å². The molecule has 1 amide bonds. The van der Waals surface area contributed by atoms with Gasteiger partial charge in [-0.15, -0.1) is 0 Å². The first-order valence-corrected chi connectivity index (χ1v) is 34.9. The van der Waals surface area contributed by atoms with Crippen LogP contribution in [0.5, 0.6) is 0 Å². The van der Waals surface area contributed by atoms with Crippen molar-refractivity contribution >= 4 is 19.7 Å². The van der Waals surface area contributed by atoms with Crippen molar-refractivity contribution in [3.63, 3.8) is 0 Å². The topological polar surface area (TPSA) is 111 Å². The van der Waals surface area contributed by atoms with Crippen LogP contribution >= 0.6 is 7.82 Å². The smallest absolute Gasteiger partial charge is 0.456 e. The minimum absolute atomic E-state index is 0.0351. The molecule has 0 radical (unpaired) electrons. The lowest BCUT2D eigenvalue weighted by Gasteiger charge is -2.27. The van der Waals surface area contributed by atoms with Crippen molar-refractivity contribution in [2.24, 2.45) is 0 Å². The van der Waals surface area contributed by atoms with Gasteiger partial charge in [0.1, 0.15) is 19.3 Å². The Morgan fingerprint density at radius 2 is 0.800 bits per heavy atom. The number of ether oxygens (including phenoxy) is 1. The van der Waals surface area contributed by atoms with Crippen molar-refractivity contribution < 1.29 is 37.3 Å². The number of phosphoric acid groups is 1. The minimum Gasteiger partial charge on any atom is -0.456 e. The van der Waals surface area contributed by atoms with Crippen molar-refractivity contribution in [3.05, 3.63) is 85.1 Å². The maximum Gasteiger partial charge on any atom is 0.472 e. The van der Waals surface area contributed by atoms with E-state index in [9.17, 15) is 19.0 Å². The number of carbonyl (C=O) groups excluding carboxylic acids is 2. The Hall–Kier alpha value is -2.81. The molecule has 10 heteroatoms. The van der Waals surface area contributed by atoms with E-state index in [1.165, 1.54) is 161 Å². The summed E-state index contributed by atoms with van der Waals surface area (Å²) in [4.78, 5) is 37.8. The van der Waals surface area contributed by atoms with Crippen LogP contribution in [0.15, 0.2) is 85.1 Å². The van der Waals surface area contributed by atoms with Crippen LogP contribution in [0.4, 0.5) is 0 Å². The quantitative estimate of drug-likeness (QED) is 0.0205. The van der Waals surface area contributed by atoms with Crippen LogP contribution in [0.25, 0.3) is 0 Å². The predicted molar refractivity (Wildman–Crippen MR) is 346 cm³/mol. The molecule has 0 saturated heterocycles. The predicted octanol–water partition coefficient (Wildman–Crippen LogP) is 21.0. The maximum atomic E-state index is 13.5. The Morgan fingerprint density at radius 1 is 0.450 bits per heavy atom. The number of nitrogens with one attached hydrogen (secondary N) is 1. The van der Waals surface area contributed by atoms with Crippen LogP contribution in [0, 0.1) is 0 Å². The molecule has 0 saturated carbocycles. The van der Waals surface area contributed by atoms with Gasteiger partial charge in [-0.05, 0) is 102 Å². The highest BCUT2D eigenvalue weighted by Gasteiger charge is 2.30. The second kappa shape index (κ2) is 59.4. The van der Waals surface area contributed by atoms with Gasteiger partial charge in [-0.3, -0.25) is 18.6 Å². The molecule has 0 aromatic rings. The zero-order valence-electron chi connectivity index (χ0n) is 53.1. The van der Waals surface area contributed by atoms with Gasteiger partial charge in [0.15, 0.2) is 0 Å². The first-order valence-electron chi connectivity index (χ1n) is 33.4. The average molecular weight is 1140 g/mol. The molecular weight excluding hydrogens is 1010 g/mol. The molecule has 0 aliphatic heterocycles. The molecule has 3 unspecified atom stereocenters. The number of likely N-dealkylation sites (N-methyl/N-ethyl adjacent to an activating group) is 1. The molecule has 0 aromatic carbocycles. The Kier molecular flexibility index (Phi) is 57.3. The highest BCUT2D eigenvalue weighted by Crippen LogP contribution is 2.43. The number of hydrogen-bond acceptors (Lipinski definition) is 6. The lowest BCUT2D eigenvalue weighted by atomic mass is 10.0. The summed E-state index contributed by atoms with van der Waals surface area (Å²) in [5, 5.41) is 3.05. The highest BCUT2D eigenvalue weighted by molar-refractivity contribution is 7.47. The largest absolute Gasteiger partial charge is 0.472 e. The third kappa shape index (κ3) is 59.8. The molecule has 0 fully saturated rings. The molecule has 9 nitrogen and oxygen atoms in total. The summed E-state index contributed by atoms with van der Waals surface area (Å²) in [5.41, 5.74) is 0. The van der Waals surface area contributed by atoms with E-state index >= 15 is 0 Å². The van der Waals surface area contributed by atoms with Crippen LogP contribution in [-0.4, -0.2) is 74.3 Å².